The lowest BCUT2D eigenvalue weighted by molar-refractivity contribution is 0.174. The maximum absolute atomic E-state index is 5.41. The number of hydrogen-bond donors (Lipinski definition) is 2. The smallest absolute Gasteiger partial charge is 0.231 e. The van der Waals surface area contributed by atoms with Gasteiger partial charge in [-0.25, -0.2) is 0 Å². The van der Waals surface area contributed by atoms with Gasteiger partial charge in [0.15, 0.2) is 17.5 Å². The molecule has 1 atom stereocenters. The Balaban J connectivity index is 1.41. The second-order valence-corrected chi connectivity index (χ2v) is 6.09. The van der Waals surface area contributed by atoms with Crippen molar-refractivity contribution in [2.75, 3.05) is 40.5 Å². The minimum atomic E-state index is 0.323. The van der Waals surface area contributed by atoms with E-state index in [9.17, 15) is 0 Å². The molecule has 1 aromatic rings. The summed E-state index contributed by atoms with van der Waals surface area (Å²) in [5, 5.41) is 6.79. The SMILES string of the molecule is CN=C(NCCc1ccc2c(c1)OCO2)NCC1CCCN1C. The zero-order valence-corrected chi connectivity index (χ0v) is 14.0. The van der Waals surface area contributed by atoms with Gasteiger partial charge in [0, 0.05) is 26.2 Å². The van der Waals surface area contributed by atoms with E-state index in [0.29, 0.717) is 12.8 Å². The minimum Gasteiger partial charge on any atom is -0.454 e. The van der Waals surface area contributed by atoms with Crippen LogP contribution in [-0.4, -0.2) is 57.4 Å². The average molecular weight is 318 g/mol. The Labute approximate surface area is 137 Å². The summed E-state index contributed by atoms with van der Waals surface area (Å²) in [5.74, 6) is 2.54. The number of fused-ring (bicyclic) bond motifs is 1. The molecule has 1 fully saturated rings. The van der Waals surface area contributed by atoms with Gasteiger partial charge in [-0.3, -0.25) is 4.99 Å². The van der Waals surface area contributed by atoms with Crippen LogP contribution in [0.15, 0.2) is 23.2 Å². The summed E-state index contributed by atoms with van der Waals surface area (Å²) in [6.45, 7) is 3.30. The zero-order valence-electron chi connectivity index (χ0n) is 14.0. The summed E-state index contributed by atoms with van der Waals surface area (Å²) < 4.78 is 10.7. The first-order valence-electron chi connectivity index (χ1n) is 8.29. The largest absolute Gasteiger partial charge is 0.454 e. The van der Waals surface area contributed by atoms with E-state index in [-0.39, 0.29) is 0 Å². The number of ether oxygens (including phenoxy) is 2. The predicted octanol–water partition coefficient (Wildman–Crippen LogP) is 1.22. The van der Waals surface area contributed by atoms with Gasteiger partial charge in [0.1, 0.15) is 0 Å². The topological polar surface area (TPSA) is 58.1 Å². The quantitative estimate of drug-likeness (QED) is 0.631. The number of aliphatic imine (C=N–C) groups is 1. The summed E-state index contributed by atoms with van der Waals surface area (Å²) in [7, 11) is 4.00. The fraction of sp³-hybridized carbons (Fsp3) is 0.588. The van der Waals surface area contributed by atoms with Gasteiger partial charge in [-0.05, 0) is 50.6 Å². The van der Waals surface area contributed by atoms with Crippen molar-refractivity contribution in [3.05, 3.63) is 23.8 Å². The van der Waals surface area contributed by atoms with Crippen LogP contribution in [0, 0.1) is 0 Å². The monoisotopic (exact) mass is 318 g/mol. The van der Waals surface area contributed by atoms with Crippen molar-refractivity contribution in [2.45, 2.75) is 25.3 Å². The molecule has 6 heteroatoms. The molecule has 0 aromatic heterocycles. The maximum Gasteiger partial charge on any atom is 0.231 e. The first-order valence-corrected chi connectivity index (χ1v) is 8.29. The van der Waals surface area contributed by atoms with Gasteiger partial charge in [-0.2, -0.15) is 0 Å². The third kappa shape index (κ3) is 4.07. The molecule has 2 N–H and O–H groups in total. The number of benzene rings is 1. The van der Waals surface area contributed by atoms with Crippen molar-refractivity contribution < 1.29 is 9.47 Å². The molecule has 3 rings (SSSR count). The van der Waals surface area contributed by atoms with Crippen LogP contribution in [0.25, 0.3) is 0 Å². The average Bonchev–Trinajstić information content (AvgIpc) is 3.19. The Morgan fingerprint density at radius 3 is 2.96 bits per heavy atom. The zero-order chi connectivity index (χ0) is 16.1. The van der Waals surface area contributed by atoms with E-state index in [0.717, 1.165) is 37.0 Å². The number of likely N-dealkylation sites (tertiary alicyclic amines) is 1. The molecule has 23 heavy (non-hydrogen) atoms. The van der Waals surface area contributed by atoms with Crippen LogP contribution in [0.2, 0.25) is 0 Å². The molecular weight excluding hydrogens is 292 g/mol. The van der Waals surface area contributed by atoms with Crippen molar-refractivity contribution in [2.24, 2.45) is 4.99 Å². The van der Waals surface area contributed by atoms with Crippen molar-refractivity contribution >= 4 is 5.96 Å². The van der Waals surface area contributed by atoms with Crippen LogP contribution < -0.4 is 20.1 Å². The number of guanidine groups is 1. The van der Waals surface area contributed by atoms with Crippen LogP contribution >= 0.6 is 0 Å². The lowest BCUT2D eigenvalue weighted by Gasteiger charge is -2.21. The highest BCUT2D eigenvalue weighted by Gasteiger charge is 2.20. The Bertz CT molecular complexity index is 562. The van der Waals surface area contributed by atoms with E-state index >= 15 is 0 Å². The van der Waals surface area contributed by atoms with E-state index in [4.69, 9.17) is 9.47 Å². The minimum absolute atomic E-state index is 0.323. The highest BCUT2D eigenvalue weighted by Crippen LogP contribution is 2.32. The van der Waals surface area contributed by atoms with Crippen LogP contribution in [0.5, 0.6) is 11.5 Å². The van der Waals surface area contributed by atoms with Gasteiger partial charge in [-0.1, -0.05) is 6.07 Å². The molecule has 126 valence electrons. The lowest BCUT2D eigenvalue weighted by atomic mass is 10.1. The molecule has 0 amide bonds. The van der Waals surface area contributed by atoms with Crippen LogP contribution in [0.1, 0.15) is 18.4 Å². The van der Waals surface area contributed by atoms with Crippen molar-refractivity contribution in [3.63, 3.8) is 0 Å². The number of hydrogen-bond acceptors (Lipinski definition) is 4. The van der Waals surface area contributed by atoms with Crippen molar-refractivity contribution in [3.8, 4) is 11.5 Å². The Hall–Kier alpha value is -1.95. The van der Waals surface area contributed by atoms with E-state index in [2.05, 4.69) is 33.6 Å². The first kappa shape index (κ1) is 15.9. The summed E-state index contributed by atoms with van der Waals surface area (Å²) in [5.41, 5.74) is 1.23. The Morgan fingerprint density at radius 2 is 2.17 bits per heavy atom. The number of rotatable bonds is 5. The molecule has 0 spiro atoms. The molecule has 0 bridgehead atoms. The van der Waals surface area contributed by atoms with Gasteiger partial charge in [-0.15, -0.1) is 0 Å². The molecule has 0 saturated carbocycles. The van der Waals surface area contributed by atoms with Crippen LogP contribution in [0.3, 0.4) is 0 Å². The second-order valence-electron chi connectivity index (χ2n) is 6.09. The Morgan fingerprint density at radius 1 is 1.30 bits per heavy atom. The van der Waals surface area contributed by atoms with Gasteiger partial charge < -0.3 is 25.0 Å². The molecule has 2 heterocycles. The van der Waals surface area contributed by atoms with Crippen molar-refractivity contribution in [1.29, 1.82) is 0 Å². The molecule has 2 aliphatic heterocycles. The predicted molar refractivity (Wildman–Crippen MR) is 91.3 cm³/mol. The highest BCUT2D eigenvalue weighted by atomic mass is 16.7. The molecule has 0 aliphatic carbocycles. The fourth-order valence-electron chi connectivity index (χ4n) is 3.09. The third-order valence-corrected chi connectivity index (χ3v) is 4.54. The standard InChI is InChI=1S/C17H26N4O2/c1-18-17(20-11-14-4-3-9-21(14)2)19-8-7-13-5-6-15-16(10-13)23-12-22-15/h5-6,10,14H,3-4,7-9,11-12H2,1-2H3,(H2,18,19,20). The van der Waals surface area contributed by atoms with Gasteiger partial charge in [0.05, 0.1) is 0 Å². The van der Waals surface area contributed by atoms with Crippen LogP contribution in [0.4, 0.5) is 0 Å². The molecule has 1 aromatic carbocycles. The summed E-state index contributed by atoms with van der Waals surface area (Å²) in [4.78, 5) is 6.70. The molecule has 0 radical (unpaired) electrons. The van der Waals surface area contributed by atoms with E-state index in [1.807, 2.05) is 19.2 Å². The summed E-state index contributed by atoms with van der Waals surface area (Å²) in [6.07, 6.45) is 3.47. The first-order chi connectivity index (χ1) is 11.3. The Kier molecular flexibility index (Phi) is 5.23. The highest BCUT2D eigenvalue weighted by molar-refractivity contribution is 5.79. The van der Waals surface area contributed by atoms with E-state index in [1.165, 1.54) is 24.9 Å². The number of nitrogens with zero attached hydrogens (tertiary/aromatic N) is 2. The second kappa shape index (κ2) is 7.55. The van der Waals surface area contributed by atoms with Gasteiger partial charge >= 0.3 is 0 Å². The van der Waals surface area contributed by atoms with Gasteiger partial charge in [0.25, 0.3) is 0 Å². The maximum atomic E-state index is 5.41. The number of nitrogens with one attached hydrogen (secondary N) is 2. The summed E-state index contributed by atoms with van der Waals surface area (Å²) in [6, 6.07) is 6.72. The molecule has 1 unspecified atom stereocenters. The third-order valence-electron chi connectivity index (χ3n) is 4.54. The fourth-order valence-corrected chi connectivity index (χ4v) is 3.09. The van der Waals surface area contributed by atoms with E-state index < -0.39 is 0 Å². The molecular formula is C17H26N4O2. The molecule has 2 aliphatic rings. The van der Waals surface area contributed by atoms with Gasteiger partial charge in [0.2, 0.25) is 6.79 Å². The van der Waals surface area contributed by atoms with Crippen molar-refractivity contribution in [1.82, 2.24) is 15.5 Å². The normalized spacial score (nSPS) is 20.8. The number of likely N-dealkylation sites (N-methyl/N-ethyl adjacent to an activating group) is 1. The molecule has 1 saturated heterocycles. The lowest BCUT2D eigenvalue weighted by Crippen LogP contribution is -2.44. The molecule has 6 nitrogen and oxygen atoms in total. The van der Waals surface area contributed by atoms with Crippen LogP contribution in [-0.2, 0) is 6.42 Å². The summed E-state index contributed by atoms with van der Waals surface area (Å²) >= 11 is 0. The van der Waals surface area contributed by atoms with E-state index in [1.54, 1.807) is 0 Å².